The summed E-state index contributed by atoms with van der Waals surface area (Å²) in [6.07, 6.45) is 3.61. The van der Waals surface area contributed by atoms with Crippen LogP contribution in [0.25, 0.3) is 0 Å². The van der Waals surface area contributed by atoms with E-state index in [0.29, 0.717) is 12.5 Å². The van der Waals surface area contributed by atoms with Crippen LogP contribution in [0.5, 0.6) is 0 Å². The number of ether oxygens (including phenoxy) is 1. The van der Waals surface area contributed by atoms with Gasteiger partial charge in [-0.05, 0) is 31.2 Å². The van der Waals surface area contributed by atoms with Gasteiger partial charge >= 0.3 is 0 Å². The zero-order valence-corrected chi connectivity index (χ0v) is 12.1. The van der Waals surface area contributed by atoms with Crippen molar-refractivity contribution in [2.24, 2.45) is 5.41 Å². The number of amides is 1. The predicted octanol–water partition coefficient (Wildman–Crippen LogP) is 1.70. The number of carbonyl (C=O) groups is 1. The van der Waals surface area contributed by atoms with Gasteiger partial charge in [0.2, 0.25) is 5.91 Å². The molecule has 4 heteroatoms. The smallest absolute Gasteiger partial charge is 0.220 e. The van der Waals surface area contributed by atoms with Crippen molar-refractivity contribution >= 4 is 5.91 Å². The summed E-state index contributed by atoms with van der Waals surface area (Å²) in [4.78, 5) is 11.7. The van der Waals surface area contributed by atoms with Gasteiger partial charge in [0.05, 0.1) is 0 Å². The van der Waals surface area contributed by atoms with Crippen LogP contribution in [0.2, 0.25) is 0 Å². The lowest BCUT2D eigenvalue weighted by atomic mass is 9.82. The molecule has 1 rings (SSSR count). The molecule has 0 spiro atoms. The van der Waals surface area contributed by atoms with Crippen LogP contribution in [0.4, 0.5) is 0 Å². The maximum atomic E-state index is 11.7. The summed E-state index contributed by atoms with van der Waals surface area (Å²) in [7, 11) is 0. The second kappa shape index (κ2) is 7.74. The fraction of sp³-hybridized carbons (Fsp3) is 0.929. The van der Waals surface area contributed by atoms with E-state index in [1.54, 1.807) is 0 Å². The van der Waals surface area contributed by atoms with E-state index < -0.39 is 0 Å². The van der Waals surface area contributed by atoms with Gasteiger partial charge in [-0.2, -0.15) is 0 Å². The Hall–Kier alpha value is -0.610. The molecule has 0 bridgehead atoms. The van der Waals surface area contributed by atoms with Gasteiger partial charge < -0.3 is 15.4 Å². The highest BCUT2D eigenvalue weighted by molar-refractivity contribution is 5.75. The first-order valence-corrected chi connectivity index (χ1v) is 7.10. The van der Waals surface area contributed by atoms with Gasteiger partial charge in [0.25, 0.3) is 0 Å². The van der Waals surface area contributed by atoms with E-state index in [-0.39, 0.29) is 11.3 Å². The van der Waals surface area contributed by atoms with Crippen molar-refractivity contribution in [1.82, 2.24) is 10.6 Å². The minimum atomic E-state index is 0.174. The van der Waals surface area contributed by atoms with Crippen molar-refractivity contribution < 1.29 is 9.53 Å². The molecule has 0 aromatic rings. The largest absolute Gasteiger partial charge is 0.381 e. The molecule has 1 saturated heterocycles. The molecule has 0 aromatic heterocycles. The molecular weight excluding hydrogens is 228 g/mol. The lowest BCUT2D eigenvalue weighted by molar-refractivity contribution is -0.122. The molecule has 4 nitrogen and oxygen atoms in total. The van der Waals surface area contributed by atoms with E-state index >= 15 is 0 Å². The zero-order valence-electron chi connectivity index (χ0n) is 12.1. The molecule has 106 valence electrons. The summed E-state index contributed by atoms with van der Waals surface area (Å²) in [6.45, 7) is 9.81. The Morgan fingerprint density at radius 1 is 1.33 bits per heavy atom. The average molecular weight is 256 g/mol. The molecule has 0 unspecified atom stereocenters. The van der Waals surface area contributed by atoms with Crippen LogP contribution in [-0.4, -0.2) is 38.3 Å². The van der Waals surface area contributed by atoms with Crippen LogP contribution in [0.3, 0.4) is 0 Å². The van der Waals surface area contributed by atoms with Gasteiger partial charge in [0, 0.05) is 32.2 Å². The van der Waals surface area contributed by atoms with Gasteiger partial charge in [-0.1, -0.05) is 20.8 Å². The minimum absolute atomic E-state index is 0.174. The molecule has 1 fully saturated rings. The number of carbonyl (C=O) groups excluding carboxylic acids is 1. The molecule has 2 N–H and O–H groups in total. The van der Waals surface area contributed by atoms with Crippen molar-refractivity contribution in [2.45, 2.75) is 52.5 Å². The van der Waals surface area contributed by atoms with Crippen LogP contribution in [0.1, 0.15) is 46.5 Å². The first-order valence-electron chi connectivity index (χ1n) is 7.10. The number of rotatable bonds is 7. The van der Waals surface area contributed by atoms with Crippen molar-refractivity contribution in [3.05, 3.63) is 0 Å². The van der Waals surface area contributed by atoms with Crippen LogP contribution in [0.15, 0.2) is 0 Å². The summed E-state index contributed by atoms with van der Waals surface area (Å²) in [6, 6.07) is 0.495. The van der Waals surface area contributed by atoms with E-state index in [9.17, 15) is 4.79 Å². The van der Waals surface area contributed by atoms with Crippen LogP contribution in [-0.2, 0) is 9.53 Å². The summed E-state index contributed by atoms with van der Waals surface area (Å²) in [5, 5.41) is 6.38. The Bertz CT molecular complexity index is 248. The van der Waals surface area contributed by atoms with Gasteiger partial charge in [-0.25, -0.2) is 0 Å². The highest BCUT2D eigenvalue weighted by atomic mass is 16.5. The monoisotopic (exact) mass is 256 g/mol. The Kier molecular flexibility index (Phi) is 6.65. The van der Waals surface area contributed by atoms with Gasteiger partial charge in [-0.3, -0.25) is 4.79 Å². The van der Waals surface area contributed by atoms with Crippen LogP contribution >= 0.6 is 0 Å². The quantitative estimate of drug-likeness (QED) is 0.682. The normalized spacial score (nSPS) is 18.9. The van der Waals surface area contributed by atoms with Crippen molar-refractivity contribution in [3.8, 4) is 0 Å². The molecule has 1 amide bonds. The molecular formula is C14H28N2O2. The lowest BCUT2D eigenvalue weighted by Gasteiger charge is -2.33. The number of nitrogens with one attached hydrogen (secondary N) is 2. The minimum Gasteiger partial charge on any atom is -0.381 e. The summed E-state index contributed by atoms with van der Waals surface area (Å²) >= 11 is 0. The molecule has 0 atom stereocenters. The molecule has 0 saturated carbocycles. The third-order valence-electron chi connectivity index (χ3n) is 3.55. The first-order chi connectivity index (χ1) is 8.52. The fourth-order valence-corrected chi connectivity index (χ4v) is 2.08. The number of hydrogen-bond acceptors (Lipinski definition) is 3. The first kappa shape index (κ1) is 15.4. The zero-order chi connectivity index (χ0) is 13.4. The SMILES string of the molecule is CC(C)NCCCC(=O)NCC1(C)CCOCC1. The van der Waals surface area contributed by atoms with Crippen LogP contribution < -0.4 is 10.6 Å². The third kappa shape index (κ3) is 6.36. The van der Waals surface area contributed by atoms with Gasteiger partial charge in [-0.15, -0.1) is 0 Å². The summed E-state index contributed by atoms with van der Waals surface area (Å²) in [5.41, 5.74) is 0.226. The predicted molar refractivity (Wildman–Crippen MR) is 73.5 cm³/mol. The molecule has 18 heavy (non-hydrogen) atoms. The van der Waals surface area contributed by atoms with Crippen LogP contribution in [0, 0.1) is 5.41 Å². The Balaban J connectivity index is 2.09. The summed E-state index contributed by atoms with van der Waals surface area (Å²) < 4.78 is 5.35. The van der Waals surface area contributed by atoms with Gasteiger partial charge in [0.1, 0.15) is 0 Å². The van der Waals surface area contributed by atoms with Gasteiger partial charge in [0.15, 0.2) is 0 Å². The Morgan fingerprint density at radius 3 is 2.61 bits per heavy atom. The molecule has 1 heterocycles. The molecule has 0 aliphatic carbocycles. The second-order valence-corrected chi connectivity index (χ2v) is 5.91. The Morgan fingerprint density at radius 2 is 2.00 bits per heavy atom. The van der Waals surface area contributed by atoms with E-state index in [1.165, 1.54) is 0 Å². The maximum absolute atomic E-state index is 11.7. The molecule has 1 aliphatic heterocycles. The fourth-order valence-electron chi connectivity index (χ4n) is 2.08. The second-order valence-electron chi connectivity index (χ2n) is 5.91. The molecule has 0 radical (unpaired) electrons. The van der Waals surface area contributed by atoms with Crippen molar-refractivity contribution in [3.63, 3.8) is 0 Å². The Labute approximate surface area is 111 Å². The molecule has 0 aromatic carbocycles. The van der Waals surface area contributed by atoms with E-state index in [1.807, 2.05) is 0 Å². The third-order valence-corrected chi connectivity index (χ3v) is 3.55. The van der Waals surface area contributed by atoms with E-state index in [4.69, 9.17) is 4.74 Å². The van der Waals surface area contributed by atoms with Crippen molar-refractivity contribution in [2.75, 3.05) is 26.3 Å². The number of hydrogen-bond donors (Lipinski definition) is 2. The standard InChI is InChI=1S/C14H28N2O2/c1-12(2)15-8-4-5-13(17)16-11-14(3)6-9-18-10-7-14/h12,15H,4-11H2,1-3H3,(H,16,17). The van der Waals surface area contributed by atoms with E-state index in [2.05, 4.69) is 31.4 Å². The lowest BCUT2D eigenvalue weighted by Crippen LogP contribution is -2.39. The topological polar surface area (TPSA) is 50.4 Å². The summed E-state index contributed by atoms with van der Waals surface area (Å²) in [5.74, 6) is 0.174. The average Bonchev–Trinajstić information content (AvgIpc) is 2.33. The van der Waals surface area contributed by atoms with E-state index in [0.717, 1.165) is 45.6 Å². The maximum Gasteiger partial charge on any atom is 0.220 e. The highest BCUT2D eigenvalue weighted by Crippen LogP contribution is 2.28. The molecule has 1 aliphatic rings. The highest BCUT2D eigenvalue weighted by Gasteiger charge is 2.27. The van der Waals surface area contributed by atoms with Crippen molar-refractivity contribution in [1.29, 1.82) is 0 Å².